The van der Waals surface area contributed by atoms with Gasteiger partial charge in [0.2, 0.25) is 0 Å². The fourth-order valence-corrected chi connectivity index (χ4v) is 1.29. The van der Waals surface area contributed by atoms with Gasteiger partial charge in [0.15, 0.2) is 6.61 Å². The van der Waals surface area contributed by atoms with Crippen molar-refractivity contribution in [1.29, 1.82) is 0 Å². The topological polar surface area (TPSA) is 64.3 Å². The van der Waals surface area contributed by atoms with E-state index in [1.54, 1.807) is 0 Å². The number of hydrogen-bond acceptors (Lipinski definition) is 3. The average Bonchev–Trinajstić information content (AvgIpc) is 2.24. The first-order valence-electron chi connectivity index (χ1n) is 5.42. The maximum atomic E-state index is 13.1. The number of benzene rings is 1. The maximum absolute atomic E-state index is 13.1. The predicted molar refractivity (Wildman–Crippen MR) is 63.1 cm³/mol. The van der Waals surface area contributed by atoms with E-state index in [2.05, 4.69) is 5.32 Å². The third-order valence-electron chi connectivity index (χ3n) is 2.09. The van der Waals surface area contributed by atoms with Gasteiger partial charge in [0.25, 0.3) is 5.91 Å². The largest absolute Gasteiger partial charge is 0.483 e. The summed E-state index contributed by atoms with van der Waals surface area (Å²) in [7, 11) is 0. The second-order valence-electron chi connectivity index (χ2n) is 4.04. The van der Waals surface area contributed by atoms with Crippen LogP contribution in [0.2, 0.25) is 0 Å². The Balaban J connectivity index is 2.76. The van der Waals surface area contributed by atoms with Gasteiger partial charge in [0.05, 0.1) is 0 Å². The zero-order valence-electron chi connectivity index (χ0n) is 10.00. The summed E-state index contributed by atoms with van der Waals surface area (Å²) in [5.74, 6) is -0.424. The van der Waals surface area contributed by atoms with Crippen molar-refractivity contribution in [2.45, 2.75) is 26.4 Å². The molecule has 0 heterocycles. The molecule has 0 fully saturated rings. The van der Waals surface area contributed by atoms with Gasteiger partial charge in [-0.05, 0) is 18.2 Å². The quantitative estimate of drug-likeness (QED) is 0.785. The fraction of sp³-hybridized carbons (Fsp3) is 0.417. The molecule has 17 heavy (non-hydrogen) atoms. The molecule has 0 aliphatic heterocycles. The van der Waals surface area contributed by atoms with Crippen LogP contribution in [-0.2, 0) is 11.3 Å². The predicted octanol–water partition coefficient (Wildman–Crippen LogP) is 1.19. The molecule has 0 atom stereocenters. The Morgan fingerprint density at radius 2 is 2.24 bits per heavy atom. The van der Waals surface area contributed by atoms with Crippen molar-refractivity contribution in [2.75, 3.05) is 6.61 Å². The van der Waals surface area contributed by atoms with Crippen molar-refractivity contribution in [1.82, 2.24) is 5.32 Å². The molecule has 4 nitrogen and oxygen atoms in total. The molecule has 0 aliphatic rings. The van der Waals surface area contributed by atoms with Crippen LogP contribution in [-0.4, -0.2) is 18.6 Å². The van der Waals surface area contributed by atoms with Crippen LogP contribution in [0.15, 0.2) is 18.2 Å². The van der Waals surface area contributed by atoms with Gasteiger partial charge in [-0.25, -0.2) is 4.39 Å². The minimum atomic E-state index is -0.558. The third kappa shape index (κ3) is 4.82. The lowest BCUT2D eigenvalue weighted by Gasteiger charge is -2.13. The molecule has 1 aromatic carbocycles. The highest BCUT2D eigenvalue weighted by atomic mass is 19.1. The van der Waals surface area contributed by atoms with Crippen LogP contribution in [0.5, 0.6) is 5.75 Å². The first kappa shape index (κ1) is 13.4. The smallest absolute Gasteiger partial charge is 0.255 e. The minimum absolute atomic E-state index is 0.208. The number of carbonyl (C=O) groups is 1. The van der Waals surface area contributed by atoms with E-state index in [0.29, 0.717) is 17.9 Å². The number of amides is 1. The molecule has 3 N–H and O–H groups in total. The van der Waals surface area contributed by atoms with Crippen LogP contribution < -0.4 is 15.8 Å². The van der Waals surface area contributed by atoms with Crippen LogP contribution in [0.25, 0.3) is 0 Å². The molecule has 94 valence electrons. The first-order chi connectivity index (χ1) is 7.99. The average molecular weight is 240 g/mol. The molecule has 0 saturated heterocycles. The second kappa shape index (κ2) is 6.20. The summed E-state index contributed by atoms with van der Waals surface area (Å²) in [6, 6.07) is 4.44. The van der Waals surface area contributed by atoms with E-state index >= 15 is 0 Å². The molecular formula is C12H17FN2O2. The van der Waals surface area contributed by atoms with Gasteiger partial charge in [0.1, 0.15) is 11.6 Å². The number of halogens is 1. The number of rotatable bonds is 6. The van der Waals surface area contributed by atoms with Crippen molar-refractivity contribution < 1.29 is 13.9 Å². The zero-order chi connectivity index (χ0) is 12.8. The molecule has 1 aromatic rings. The Hall–Kier alpha value is -1.62. The maximum Gasteiger partial charge on any atom is 0.255 e. The van der Waals surface area contributed by atoms with Crippen LogP contribution in [0, 0.1) is 5.82 Å². The van der Waals surface area contributed by atoms with Gasteiger partial charge in [0, 0.05) is 18.2 Å². The van der Waals surface area contributed by atoms with Crippen LogP contribution in [0.1, 0.15) is 19.4 Å². The molecule has 0 saturated carbocycles. The molecular weight excluding hydrogens is 223 g/mol. The fourth-order valence-electron chi connectivity index (χ4n) is 1.29. The van der Waals surface area contributed by atoms with Gasteiger partial charge >= 0.3 is 0 Å². The lowest BCUT2D eigenvalue weighted by molar-refractivity contribution is -0.119. The second-order valence-corrected chi connectivity index (χ2v) is 4.04. The summed E-state index contributed by atoms with van der Waals surface area (Å²) in [6.07, 6.45) is 0. The Kier molecular flexibility index (Phi) is 4.90. The number of nitrogens with two attached hydrogens (primary N) is 1. The number of hydrogen-bond donors (Lipinski definition) is 2. The minimum Gasteiger partial charge on any atom is -0.483 e. The van der Waals surface area contributed by atoms with Crippen LogP contribution in [0.4, 0.5) is 4.39 Å². The van der Waals surface area contributed by atoms with Gasteiger partial charge < -0.3 is 15.8 Å². The van der Waals surface area contributed by atoms with E-state index in [9.17, 15) is 9.18 Å². The molecule has 0 aromatic heterocycles. The highest BCUT2D eigenvalue weighted by Gasteiger charge is 2.07. The summed E-state index contributed by atoms with van der Waals surface area (Å²) in [5, 5.41) is 3.15. The summed E-state index contributed by atoms with van der Waals surface area (Å²) in [6.45, 7) is 4.25. The Morgan fingerprint density at radius 3 is 2.82 bits per heavy atom. The van der Waals surface area contributed by atoms with Crippen molar-refractivity contribution in [3.05, 3.63) is 29.6 Å². The summed E-state index contributed by atoms with van der Waals surface area (Å²) in [5.41, 5.74) is 5.66. The van der Waals surface area contributed by atoms with Crippen LogP contribution in [0.3, 0.4) is 0 Å². The van der Waals surface area contributed by atoms with Gasteiger partial charge in [-0.2, -0.15) is 0 Å². The van der Waals surface area contributed by atoms with E-state index in [1.165, 1.54) is 18.2 Å². The van der Waals surface area contributed by atoms with Crippen molar-refractivity contribution >= 4 is 5.91 Å². The summed E-state index contributed by atoms with van der Waals surface area (Å²) < 4.78 is 18.3. The van der Waals surface area contributed by atoms with E-state index in [1.807, 2.05) is 13.8 Å². The lowest BCUT2D eigenvalue weighted by atomic mass is 10.2. The molecule has 0 unspecified atom stereocenters. The third-order valence-corrected chi connectivity index (χ3v) is 2.09. The SMILES string of the molecule is CC(C)NCc1cc(F)ccc1OCC(N)=O. The van der Waals surface area contributed by atoms with Gasteiger partial charge in [-0.15, -0.1) is 0 Å². The number of ether oxygens (including phenoxy) is 1. The molecule has 0 aliphatic carbocycles. The molecule has 0 radical (unpaired) electrons. The number of primary amides is 1. The molecule has 0 spiro atoms. The molecule has 1 rings (SSSR count). The summed E-state index contributed by atoms with van der Waals surface area (Å²) in [4.78, 5) is 10.6. The zero-order valence-corrected chi connectivity index (χ0v) is 10.00. The van der Waals surface area contributed by atoms with E-state index in [4.69, 9.17) is 10.5 Å². The van der Waals surface area contributed by atoms with Crippen LogP contribution >= 0.6 is 0 Å². The van der Waals surface area contributed by atoms with Crippen molar-refractivity contribution in [2.24, 2.45) is 5.73 Å². The molecule has 0 bridgehead atoms. The first-order valence-corrected chi connectivity index (χ1v) is 5.42. The number of carbonyl (C=O) groups excluding carboxylic acids is 1. The van der Waals surface area contributed by atoms with Crippen molar-refractivity contribution in [3.8, 4) is 5.75 Å². The number of nitrogens with one attached hydrogen (secondary N) is 1. The van der Waals surface area contributed by atoms with Crippen molar-refractivity contribution in [3.63, 3.8) is 0 Å². The Morgan fingerprint density at radius 1 is 1.53 bits per heavy atom. The standard InChI is InChI=1S/C12H17FN2O2/c1-8(2)15-6-9-5-10(13)3-4-11(9)17-7-12(14)16/h3-5,8,15H,6-7H2,1-2H3,(H2,14,16). The van der Waals surface area contributed by atoms with E-state index in [0.717, 1.165) is 0 Å². The summed E-state index contributed by atoms with van der Waals surface area (Å²) >= 11 is 0. The Labute approximate surface area is 100.0 Å². The van der Waals surface area contributed by atoms with E-state index < -0.39 is 5.91 Å². The lowest BCUT2D eigenvalue weighted by Crippen LogP contribution is -2.23. The molecule has 5 heteroatoms. The highest BCUT2D eigenvalue weighted by Crippen LogP contribution is 2.19. The molecule has 1 amide bonds. The van der Waals surface area contributed by atoms with E-state index in [-0.39, 0.29) is 18.5 Å². The van der Waals surface area contributed by atoms with Gasteiger partial charge in [-0.3, -0.25) is 4.79 Å². The Bertz CT molecular complexity index is 394. The highest BCUT2D eigenvalue weighted by molar-refractivity contribution is 5.75. The normalized spacial score (nSPS) is 10.6. The monoisotopic (exact) mass is 240 g/mol. The van der Waals surface area contributed by atoms with Gasteiger partial charge in [-0.1, -0.05) is 13.8 Å².